The molecule has 16 heavy (non-hydrogen) atoms. The second-order valence-electron chi connectivity index (χ2n) is 3.81. The molecule has 1 heterocycles. The monoisotopic (exact) mass is 219 g/mol. The van der Waals surface area contributed by atoms with Crippen LogP contribution in [0.5, 0.6) is 0 Å². The molecule has 1 aliphatic heterocycles. The van der Waals surface area contributed by atoms with E-state index in [1.165, 1.54) is 18.2 Å². The lowest BCUT2D eigenvalue weighted by Gasteiger charge is -2.16. The molecule has 82 valence electrons. The van der Waals surface area contributed by atoms with Gasteiger partial charge in [0.2, 0.25) is 0 Å². The zero-order chi connectivity index (χ0) is 11.9. The zero-order valence-electron chi connectivity index (χ0n) is 8.79. The largest absolute Gasteiger partial charge is 0.299 e. The molecule has 0 unspecified atom stereocenters. The van der Waals surface area contributed by atoms with Crippen LogP contribution in [-0.4, -0.2) is 18.2 Å². The summed E-state index contributed by atoms with van der Waals surface area (Å²) in [5.74, 6) is -1.91. The molecule has 1 amide bonds. The van der Waals surface area contributed by atoms with Gasteiger partial charge in [-0.2, -0.15) is 0 Å². The highest BCUT2D eigenvalue weighted by molar-refractivity contribution is 6.52. The van der Waals surface area contributed by atoms with Crippen LogP contribution in [0.2, 0.25) is 0 Å². The Bertz CT molecular complexity index is 508. The third-order valence-corrected chi connectivity index (χ3v) is 2.37. The van der Waals surface area contributed by atoms with E-state index in [0.717, 1.165) is 4.90 Å². The van der Waals surface area contributed by atoms with Gasteiger partial charge in [0.1, 0.15) is 5.82 Å². The summed E-state index contributed by atoms with van der Waals surface area (Å²) in [5, 5.41) is 0. The Labute approximate surface area is 92.2 Å². The number of fused-ring (bicyclic) bond motifs is 1. The van der Waals surface area contributed by atoms with E-state index in [2.05, 4.69) is 6.58 Å². The van der Waals surface area contributed by atoms with Crippen molar-refractivity contribution in [3.63, 3.8) is 0 Å². The first-order valence-electron chi connectivity index (χ1n) is 4.81. The molecule has 1 aromatic rings. The smallest absolute Gasteiger partial charge is 0.298 e. The number of carbonyl (C=O) groups is 2. The lowest BCUT2D eigenvalue weighted by atomic mass is 10.1. The Morgan fingerprint density at radius 3 is 2.75 bits per heavy atom. The van der Waals surface area contributed by atoms with Crippen molar-refractivity contribution in [2.24, 2.45) is 0 Å². The van der Waals surface area contributed by atoms with Crippen LogP contribution < -0.4 is 4.90 Å². The van der Waals surface area contributed by atoms with Gasteiger partial charge in [-0.3, -0.25) is 14.5 Å². The van der Waals surface area contributed by atoms with Crippen molar-refractivity contribution < 1.29 is 14.0 Å². The van der Waals surface area contributed by atoms with Crippen molar-refractivity contribution in [1.29, 1.82) is 0 Å². The van der Waals surface area contributed by atoms with Crippen molar-refractivity contribution in [2.45, 2.75) is 6.92 Å². The standard InChI is InChI=1S/C12H10FNO2/c1-7(2)6-14-10-8(11(15)12(14)16)4-3-5-9(10)13/h3-5H,1,6H2,2H3. The van der Waals surface area contributed by atoms with Crippen LogP contribution in [0.4, 0.5) is 10.1 Å². The number of Topliss-reactive ketones (excluding diaryl/α,β-unsaturated/α-hetero) is 1. The maximum atomic E-state index is 13.6. The average Bonchev–Trinajstić information content (AvgIpc) is 2.45. The van der Waals surface area contributed by atoms with Crippen molar-refractivity contribution in [1.82, 2.24) is 0 Å². The molecule has 0 atom stereocenters. The fourth-order valence-electron chi connectivity index (χ4n) is 1.73. The second-order valence-corrected chi connectivity index (χ2v) is 3.81. The highest BCUT2D eigenvalue weighted by Gasteiger charge is 2.37. The minimum absolute atomic E-state index is 0.0699. The maximum Gasteiger partial charge on any atom is 0.299 e. The number of amides is 1. The lowest BCUT2D eigenvalue weighted by molar-refractivity contribution is -0.114. The third kappa shape index (κ3) is 1.43. The van der Waals surface area contributed by atoms with E-state index in [1.807, 2.05) is 0 Å². The van der Waals surface area contributed by atoms with E-state index in [1.54, 1.807) is 6.92 Å². The summed E-state index contributed by atoms with van der Waals surface area (Å²) in [6.07, 6.45) is 0. The molecular formula is C12H10FNO2. The topological polar surface area (TPSA) is 37.4 Å². The minimum Gasteiger partial charge on any atom is -0.298 e. The van der Waals surface area contributed by atoms with Gasteiger partial charge in [-0.15, -0.1) is 0 Å². The van der Waals surface area contributed by atoms with Gasteiger partial charge in [0.15, 0.2) is 0 Å². The number of hydrogen-bond donors (Lipinski definition) is 0. The highest BCUT2D eigenvalue weighted by atomic mass is 19.1. The van der Waals surface area contributed by atoms with Gasteiger partial charge in [-0.25, -0.2) is 4.39 Å². The molecule has 2 rings (SSSR count). The molecule has 0 fully saturated rings. The summed E-state index contributed by atoms with van der Waals surface area (Å²) in [6, 6.07) is 4.11. The van der Waals surface area contributed by atoms with E-state index < -0.39 is 17.5 Å². The number of anilines is 1. The molecule has 0 saturated heterocycles. The molecular weight excluding hydrogens is 209 g/mol. The zero-order valence-corrected chi connectivity index (χ0v) is 8.79. The SMILES string of the molecule is C=C(C)CN1C(=O)C(=O)c2cccc(F)c21. The third-order valence-electron chi connectivity index (χ3n) is 2.37. The number of benzene rings is 1. The summed E-state index contributed by atoms with van der Waals surface area (Å²) in [5.41, 5.74) is 0.893. The Balaban J connectivity index is 2.56. The fraction of sp³-hybridized carbons (Fsp3) is 0.167. The Morgan fingerprint density at radius 2 is 2.12 bits per heavy atom. The summed E-state index contributed by atoms with van der Waals surface area (Å²) in [4.78, 5) is 24.3. The second kappa shape index (κ2) is 3.56. The average molecular weight is 219 g/mol. The van der Waals surface area contributed by atoms with Crippen LogP contribution in [0.3, 0.4) is 0 Å². The van der Waals surface area contributed by atoms with E-state index in [0.29, 0.717) is 5.57 Å². The Kier molecular flexibility index (Phi) is 2.34. The number of para-hydroxylation sites is 1. The van der Waals surface area contributed by atoms with E-state index >= 15 is 0 Å². The maximum absolute atomic E-state index is 13.6. The molecule has 0 spiro atoms. The van der Waals surface area contributed by atoms with Gasteiger partial charge in [0.25, 0.3) is 11.7 Å². The normalized spacial score (nSPS) is 14.2. The van der Waals surface area contributed by atoms with Crippen molar-refractivity contribution >= 4 is 17.4 Å². The first-order valence-corrected chi connectivity index (χ1v) is 4.81. The van der Waals surface area contributed by atoms with Crippen LogP contribution in [0.1, 0.15) is 17.3 Å². The first kappa shape index (κ1) is 10.5. The number of carbonyl (C=O) groups excluding carboxylic acids is 2. The molecule has 1 aromatic carbocycles. The summed E-state index contributed by atoms with van der Waals surface area (Å²) >= 11 is 0. The van der Waals surface area contributed by atoms with Gasteiger partial charge >= 0.3 is 0 Å². The highest BCUT2D eigenvalue weighted by Crippen LogP contribution is 2.31. The number of halogens is 1. The molecule has 0 aromatic heterocycles. The van der Waals surface area contributed by atoms with E-state index in [9.17, 15) is 14.0 Å². The molecule has 0 radical (unpaired) electrons. The van der Waals surface area contributed by atoms with Gasteiger partial charge < -0.3 is 0 Å². The first-order chi connectivity index (χ1) is 7.52. The molecule has 0 bridgehead atoms. The van der Waals surface area contributed by atoms with Crippen LogP contribution in [0, 0.1) is 5.82 Å². The van der Waals surface area contributed by atoms with Crippen LogP contribution in [-0.2, 0) is 4.79 Å². The predicted molar refractivity (Wildman–Crippen MR) is 57.9 cm³/mol. The Hall–Kier alpha value is -1.97. The minimum atomic E-state index is -0.692. The van der Waals surface area contributed by atoms with Crippen LogP contribution in [0.15, 0.2) is 30.4 Å². The van der Waals surface area contributed by atoms with Crippen molar-refractivity contribution in [2.75, 3.05) is 11.4 Å². The van der Waals surface area contributed by atoms with Gasteiger partial charge in [-0.1, -0.05) is 18.2 Å². The number of nitrogens with zero attached hydrogens (tertiary/aromatic N) is 1. The van der Waals surface area contributed by atoms with Gasteiger partial charge in [0.05, 0.1) is 11.3 Å². The van der Waals surface area contributed by atoms with E-state index in [4.69, 9.17) is 0 Å². The lowest BCUT2D eigenvalue weighted by Crippen LogP contribution is -2.31. The molecule has 0 saturated carbocycles. The van der Waals surface area contributed by atoms with Crippen molar-refractivity contribution in [3.05, 3.63) is 41.7 Å². The number of hydrogen-bond acceptors (Lipinski definition) is 2. The van der Waals surface area contributed by atoms with Crippen LogP contribution in [0.25, 0.3) is 0 Å². The van der Waals surface area contributed by atoms with E-state index in [-0.39, 0.29) is 17.8 Å². The number of rotatable bonds is 2. The molecule has 1 aliphatic rings. The van der Waals surface area contributed by atoms with Gasteiger partial charge in [-0.05, 0) is 19.1 Å². The quantitative estimate of drug-likeness (QED) is 0.563. The number of ketones is 1. The summed E-state index contributed by atoms with van der Waals surface area (Å²) in [6.45, 7) is 5.54. The fourth-order valence-corrected chi connectivity index (χ4v) is 1.73. The Morgan fingerprint density at radius 1 is 1.44 bits per heavy atom. The van der Waals surface area contributed by atoms with Gasteiger partial charge in [0, 0.05) is 6.54 Å². The molecule has 0 N–H and O–H groups in total. The summed E-state index contributed by atoms with van der Waals surface area (Å²) in [7, 11) is 0. The molecule has 0 aliphatic carbocycles. The molecule has 3 nitrogen and oxygen atoms in total. The van der Waals surface area contributed by atoms with Crippen LogP contribution >= 0.6 is 0 Å². The summed E-state index contributed by atoms with van der Waals surface area (Å²) < 4.78 is 13.6. The molecule has 4 heteroatoms. The van der Waals surface area contributed by atoms with Crippen molar-refractivity contribution in [3.8, 4) is 0 Å². The predicted octanol–water partition coefficient (Wildman–Crippen LogP) is 1.93.